The summed E-state index contributed by atoms with van der Waals surface area (Å²) < 4.78 is 17.0. The maximum Gasteiger partial charge on any atom is 0.311 e. The lowest BCUT2D eigenvalue weighted by Gasteiger charge is -2.13. The van der Waals surface area contributed by atoms with Crippen molar-refractivity contribution in [3.8, 4) is 11.5 Å². The zero-order valence-electron chi connectivity index (χ0n) is 16.2. The topological polar surface area (TPSA) is 82.0 Å². The summed E-state index contributed by atoms with van der Waals surface area (Å²) in [6, 6.07) is 3.76. The second kappa shape index (κ2) is 11.7. The molecule has 0 aliphatic carbocycles. The number of rotatable bonds is 11. The molecule has 0 saturated carbocycles. The number of nitrogens with one attached hydrogen (secondary N) is 1. The summed E-state index contributed by atoms with van der Waals surface area (Å²) in [5.74, 6) is 1.03. The molecule has 7 nitrogen and oxygen atoms in total. The van der Waals surface area contributed by atoms with Gasteiger partial charge in [-0.15, -0.1) is 11.3 Å². The van der Waals surface area contributed by atoms with Crippen LogP contribution in [0.1, 0.15) is 37.9 Å². The van der Waals surface area contributed by atoms with E-state index in [4.69, 9.17) is 14.2 Å². The first kappa shape index (κ1) is 22.2. The SMILES string of the molecule is CCCCOc1c(Br)cc(C=NNc2nc(CC(=O)OCC)cs2)cc1OC. The lowest BCUT2D eigenvalue weighted by molar-refractivity contribution is -0.142. The average Bonchev–Trinajstić information content (AvgIpc) is 3.10. The molecule has 0 amide bonds. The van der Waals surface area contributed by atoms with Crippen LogP contribution >= 0.6 is 27.3 Å². The molecule has 1 N–H and O–H groups in total. The molecule has 0 aliphatic heterocycles. The van der Waals surface area contributed by atoms with Gasteiger partial charge in [0.15, 0.2) is 11.5 Å². The van der Waals surface area contributed by atoms with Crippen LogP contribution in [0.5, 0.6) is 11.5 Å². The fourth-order valence-corrected chi connectivity index (χ4v) is 3.47. The number of carbonyl (C=O) groups excluding carboxylic acids is 1. The lowest BCUT2D eigenvalue weighted by atomic mass is 10.2. The molecule has 0 spiro atoms. The molecule has 0 aliphatic rings. The van der Waals surface area contributed by atoms with Crippen molar-refractivity contribution in [2.24, 2.45) is 5.10 Å². The number of carbonyl (C=O) groups is 1. The van der Waals surface area contributed by atoms with Crippen molar-refractivity contribution in [2.45, 2.75) is 33.1 Å². The van der Waals surface area contributed by atoms with Crippen LogP contribution in [0, 0.1) is 0 Å². The Bertz CT molecular complexity index is 810. The number of anilines is 1. The minimum Gasteiger partial charge on any atom is -0.493 e. The van der Waals surface area contributed by atoms with Crippen LogP contribution in [0.4, 0.5) is 5.13 Å². The number of methoxy groups -OCH3 is 1. The van der Waals surface area contributed by atoms with Gasteiger partial charge in [-0.2, -0.15) is 5.10 Å². The number of nitrogens with zero attached hydrogens (tertiary/aromatic N) is 2. The van der Waals surface area contributed by atoms with E-state index < -0.39 is 0 Å². The molecule has 2 aromatic rings. The van der Waals surface area contributed by atoms with Gasteiger partial charge in [0.05, 0.1) is 43.1 Å². The molecule has 1 aromatic heterocycles. The van der Waals surface area contributed by atoms with E-state index in [1.54, 1.807) is 25.6 Å². The van der Waals surface area contributed by atoms with E-state index in [1.165, 1.54) is 11.3 Å². The Labute approximate surface area is 177 Å². The quantitative estimate of drug-likeness (QED) is 0.223. The minimum absolute atomic E-state index is 0.152. The average molecular weight is 470 g/mol. The summed E-state index contributed by atoms with van der Waals surface area (Å²) in [4.78, 5) is 15.8. The smallest absolute Gasteiger partial charge is 0.311 e. The van der Waals surface area contributed by atoms with Crippen LogP contribution in [0.2, 0.25) is 0 Å². The van der Waals surface area contributed by atoms with Gasteiger partial charge in [-0.25, -0.2) is 4.98 Å². The van der Waals surface area contributed by atoms with Gasteiger partial charge in [-0.3, -0.25) is 10.2 Å². The maximum absolute atomic E-state index is 11.5. The van der Waals surface area contributed by atoms with Crippen LogP contribution in [0.3, 0.4) is 0 Å². The van der Waals surface area contributed by atoms with Gasteiger partial charge in [0.25, 0.3) is 0 Å². The number of thiazole rings is 1. The molecule has 1 heterocycles. The Kier molecular flexibility index (Phi) is 9.22. The number of benzene rings is 1. The molecule has 0 fully saturated rings. The van der Waals surface area contributed by atoms with Gasteiger partial charge in [0.1, 0.15) is 0 Å². The summed E-state index contributed by atoms with van der Waals surface area (Å²) in [5.41, 5.74) is 4.36. The van der Waals surface area contributed by atoms with Crippen LogP contribution in [-0.2, 0) is 16.0 Å². The Morgan fingerprint density at radius 3 is 2.93 bits per heavy atom. The fraction of sp³-hybridized carbons (Fsp3) is 0.421. The second-order valence-corrected chi connectivity index (χ2v) is 7.44. The van der Waals surface area contributed by atoms with Crippen LogP contribution < -0.4 is 14.9 Å². The standard InChI is InChI=1S/C19H24BrN3O4S/c1-4-6-7-27-18-15(20)8-13(9-16(18)25-3)11-21-23-19-22-14(12-28-19)10-17(24)26-5-2/h8-9,11-12H,4-7,10H2,1-3H3,(H,22,23). The van der Waals surface area contributed by atoms with Crippen LogP contribution in [0.25, 0.3) is 0 Å². The highest BCUT2D eigenvalue weighted by atomic mass is 79.9. The fourth-order valence-electron chi connectivity index (χ4n) is 2.23. The van der Waals surface area contributed by atoms with E-state index in [-0.39, 0.29) is 12.4 Å². The van der Waals surface area contributed by atoms with Crippen molar-refractivity contribution >= 4 is 44.6 Å². The largest absolute Gasteiger partial charge is 0.493 e. The number of hydrogen-bond acceptors (Lipinski definition) is 8. The first-order valence-electron chi connectivity index (χ1n) is 8.96. The summed E-state index contributed by atoms with van der Waals surface area (Å²) in [6.07, 6.45) is 3.86. The molecule has 28 heavy (non-hydrogen) atoms. The zero-order valence-corrected chi connectivity index (χ0v) is 18.6. The van der Waals surface area contributed by atoms with Crippen LogP contribution in [-0.4, -0.2) is 37.5 Å². The third-order valence-corrected chi connectivity index (χ3v) is 4.94. The number of unbranched alkanes of at least 4 members (excludes halogenated alkanes) is 1. The number of hydrogen-bond donors (Lipinski definition) is 1. The van der Waals surface area contributed by atoms with E-state index in [0.29, 0.717) is 35.5 Å². The molecule has 0 saturated heterocycles. The third-order valence-electron chi connectivity index (χ3n) is 3.55. The summed E-state index contributed by atoms with van der Waals surface area (Å²) in [5, 5.41) is 6.60. The Hall–Kier alpha value is -2.13. The van der Waals surface area contributed by atoms with Crippen molar-refractivity contribution in [1.82, 2.24) is 4.98 Å². The number of ether oxygens (including phenoxy) is 3. The Morgan fingerprint density at radius 1 is 1.39 bits per heavy atom. The van der Waals surface area contributed by atoms with Gasteiger partial charge in [0.2, 0.25) is 5.13 Å². The van der Waals surface area contributed by atoms with Gasteiger partial charge in [-0.05, 0) is 47.0 Å². The molecular formula is C19H24BrN3O4S. The van der Waals surface area contributed by atoms with Crippen molar-refractivity contribution in [2.75, 3.05) is 25.7 Å². The summed E-state index contributed by atoms with van der Waals surface area (Å²) >= 11 is 4.90. The van der Waals surface area contributed by atoms with E-state index in [1.807, 2.05) is 12.1 Å². The second-order valence-electron chi connectivity index (χ2n) is 5.73. The molecule has 2 rings (SSSR count). The van der Waals surface area contributed by atoms with Crippen molar-refractivity contribution < 1.29 is 19.0 Å². The molecule has 1 aromatic carbocycles. The molecule has 0 radical (unpaired) electrons. The predicted octanol–water partition coefficient (Wildman–Crippen LogP) is 4.64. The van der Waals surface area contributed by atoms with E-state index in [0.717, 1.165) is 22.9 Å². The van der Waals surface area contributed by atoms with Gasteiger partial charge in [0, 0.05) is 5.38 Å². The van der Waals surface area contributed by atoms with E-state index in [2.05, 4.69) is 38.4 Å². The molecule has 0 unspecified atom stereocenters. The number of aromatic nitrogens is 1. The highest BCUT2D eigenvalue weighted by molar-refractivity contribution is 9.10. The van der Waals surface area contributed by atoms with Gasteiger partial charge in [-0.1, -0.05) is 13.3 Å². The molecule has 9 heteroatoms. The highest BCUT2D eigenvalue weighted by Crippen LogP contribution is 2.36. The third kappa shape index (κ3) is 6.79. The van der Waals surface area contributed by atoms with Crippen molar-refractivity contribution in [3.05, 3.63) is 33.2 Å². The lowest BCUT2D eigenvalue weighted by Crippen LogP contribution is -2.07. The van der Waals surface area contributed by atoms with Crippen molar-refractivity contribution in [1.29, 1.82) is 0 Å². The van der Waals surface area contributed by atoms with Gasteiger partial charge >= 0.3 is 5.97 Å². The summed E-state index contributed by atoms with van der Waals surface area (Å²) in [7, 11) is 1.61. The molecule has 0 atom stereocenters. The van der Waals surface area contributed by atoms with E-state index in [9.17, 15) is 4.79 Å². The molecule has 0 bridgehead atoms. The first-order chi connectivity index (χ1) is 13.6. The predicted molar refractivity (Wildman–Crippen MR) is 115 cm³/mol. The Morgan fingerprint density at radius 2 is 2.21 bits per heavy atom. The van der Waals surface area contributed by atoms with Crippen LogP contribution in [0.15, 0.2) is 27.1 Å². The van der Waals surface area contributed by atoms with E-state index >= 15 is 0 Å². The molecular weight excluding hydrogens is 446 g/mol. The molecule has 152 valence electrons. The highest BCUT2D eigenvalue weighted by Gasteiger charge is 2.11. The van der Waals surface area contributed by atoms with Crippen molar-refractivity contribution in [3.63, 3.8) is 0 Å². The monoisotopic (exact) mass is 469 g/mol. The number of hydrazone groups is 1. The summed E-state index contributed by atoms with van der Waals surface area (Å²) in [6.45, 7) is 4.89. The number of esters is 1. The number of halogens is 1. The first-order valence-corrected chi connectivity index (χ1v) is 10.6. The zero-order chi connectivity index (χ0) is 20.4. The maximum atomic E-state index is 11.5. The Balaban J connectivity index is 1.99. The normalized spacial score (nSPS) is 10.9. The van der Waals surface area contributed by atoms with Gasteiger partial charge < -0.3 is 14.2 Å². The minimum atomic E-state index is -0.291.